The van der Waals surface area contributed by atoms with E-state index < -0.39 is 0 Å². The molecule has 0 saturated carbocycles. The Morgan fingerprint density at radius 3 is 2.52 bits per heavy atom. The standard InChI is InChI=1S/C22H23N5/c1-26(2)19-10-8-18(9-11-19)21-16-25-27-20(12-14-24-22(21)27)7-3-5-17-6-4-13-23-15-17/h4,6,8-16H,3,5,7H2,1-2H3. The monoisotopic (exact) mass is 357 g/mol. The van der Waals surface area contributed by atoms with Gasteiger partial charge in [0.1, 0.15) is 0 Å². The summed E-state index contributed by atoms with van der Waals surface area (Å²) in [5, 5.41) is 4.61. The molecule has 27 heavy (non-hydrogen) atoms. The molecule has 0 spiro atoms. The molecular formula is C22H23N5. The van der Waals surface area contributed by atoms with Gasteiger partial charge in [0.25, 0.3) is 0 Å². The number of hydrogen-bond acceptors (Lipinski definition) is 4. The van der Waals surface area contributed by atoms with Gasteiger partial charge in [0.2, 0.25) is 0 Å². The van der Waals surface area contributed by atoms with Gasteiger partial charge in [-0.1, -0.05) is 18.2 Å². The first-order valence-electron chi connectivity index (χ1n) is 9.20. The zero-order chi connectivity index (χ0) is 18.6. The van der Waals surface area contributed by atoms with Crippen molar-refractivity contribution in [1.82, 2.24) is 19.6 Å². The van der Waals surface area contributed by atoms with Crippen molar-refractivity contribution in [3.8, 4) is 11.1 Å². The number of rotatable bonds is 6. The molecular weight excluding hydrogens is 334 g/mol. The van der Waals surface area contributed by atoms with Crippen LogP contribution >= 0.6 is 0 Å². The lowest BCUT2D eigenvalue weighted by molar-refractivity contribution is 0.752. The van der Waals surface area contributed by atoms with Gasteiger partial charge in [-0.25, -0.2) is 9.50 Å². The molecule has 0 N–H and O–H groups in total. The summed E-state index contributed by atoms with van der Waals surface area (Å²) in [6.07, 6.45) is 10.6. The molecule has 0 atom stereocenters. The van der Waals surface area contributed by atoms with Crippen LogP contribution in [0.3, 0.4) is 0 Å². The van der Waals surface area contributed by atoms with E-state index in [0.717, 1.165) is 36.0 Å². The summed E-state index contributed by atoms with van der Waals surface area (Å²) in [7, 11) is 4.09. The Labute approximate surface area is 159 Å². The number of aryl methyl sites for hydroxylation is 2. The highest BCUT2D eigenvalue weighted by atomic mass is 15.2. The third-order valence-electron chi connectivity index (χ3n) is 4.80. The second-order valence-corrected chi connectivity index (χ2v) is 6.89. The quantitative estimate of drug-likeness (QED) is 0.523. The van der Waals surface area contributed by atoms with Crippen LogP contribution < -0.4 is 4.90 Å². The molecule has 0 amide bonds. The molecule has 1 aromatic carbocycles. The van der Waals surface area contributed by atoms with Crippen molar-refractivity contribution in [2.24, 2.45) is 0 Å². The summed E-state index contributed by atoms with van der Waals surface area (Å²) in [5.41, 5.74) is 6.74. The first-order valence-corrected chi connectivity index (χ1v) is 9.20. The fourth-order valence-corrected chi connectivity index (χ4v) is 3.29. The molecule has 0 aliphatic rings. The minimum atomic E-state index is 0.909. The number of anilines is 1. The number of aromatic nitrogens is 4. The van der Waals surface area contributed by atoms with E-state index in [0.29, 0.717) is 0 Å². The van der Waals surface area contributed by atoms with Crippen molar-refractivity contribution in [2.75, 3.05) is 19.0 Å². The van der Waals surface area contributed by atoms with E-state index in [1.54, 1.807) is 0 Å². The van der Waals surface area contributed by atoms with Crippen LogP contribution in [0.15, 0.2) is 67.3 Å². The highest BCUT2D eigenvalue weighted by molar-refractivity contribution is 5.78. The molecule has 0 bridgehead atoms. The van der Waals surface area contributed by atoms with Gasteiger partial charge in [0.15, 0.2) is 5.65 Å². The molecule has 0 saturated heterocycles. The highest BCUT2D eigenvalue weighted by Crippen LogP contribution is 2.26. The van der Waals surface area contributed by atoms with Crippen LogP contribution in [-0.2, 0) is 12.8 Å². The summed E-state index contributed by atoms with van der Waals surface area (Å²) >= 11 is 0. The Balaban J connectivity index is 1.56. The third kappa shape index (κ3) is 3.67. The zero-order valence-corrected chi connectivity index (χ0v) is 15.7. The molecule has 4 rings (SSSR count). The second-order valence-electron chi connectivity index (χ2n) is 6.89. The largest absolute Gasteiger partial charge is 0.378 e. The van der Waals surface area contributed by atoms with Crippen LogP contribution in [0.5, 0.6) is 0 Å². The Morgan fingerprint density at radius 1 is 0.926 bits per heavy atom. The van der Waals surface area contributed by atoms with Gasteiger partial charge in [-0.3, -0.25) is 4.98 Å². The van der Waals surface area contributed by atoms with Crippen molar-refractivity contribution in [2.45, 2.75) is 19.3 Å². The minimum absolute atomic E-state index is 0.909. The van der Waals surface area contributed by atoms with E-state index in [4.69, 9.17) is 0 Å². The lowest BCUT2D eigenvalue weighted by Crippen LogP contribution is -2.07. The van der Waals surface area contributed by atoms with Crippen LogP contribution in [0.25, 0.3) is 16.8 Å². The van der Waals surface area contributed by atoms with E-state index in [1.165, 1.54) is 16.9 Å². The van der Waals surface area contributed by atoms with Crippen LogP contribution in [0.1, 0.15) is 17.7 Å². The predicted octanol–water partition coefficient (Wildman–Crippen LogP) is 4.03. The Hall–Kier alpha value is -3.21. The van der Waals surface area contributed by atoms with E-state index in [1.807, 2.05) is 49.5 Å². The Kier molecular flexibility index (Phi) is 4.83. The summed E-state index contributed by atoms with van der Waals surface area (Å²) in [5.74, 6) is 0. The van der Waals surface area contributed by atoms with Crippen LogP contribution in [0.4, 0.5) is 5.69 Å². The van der Waals surface area contributed by atoms with Gasteiger partial charge in [-0.2, -0.15) is 5.10 Å². The molecule has 136 valence electrons. The molecule has 4 aromatic rings. The molecule has 0 radical (unpaired) electrons. The SMILES string of the molecule is CN(C)c1ccc(-c2cnn3c(CCCc4cccnc4)ccnc23)cc1. The van der Waals surface area contributed by atoms with E-state index in [9.17, 15) is 0 Å². The van der Waals surface area contributed by atoms with Gasteiger partial charge in [0.05, 0.1) is 6.20 Å². The fraction of sp³-hybridized carbons (Fsp3) is 0.227. The van der Waals surface area contributed by atoms with Crippen LogP contribution in [0.2, 0.25) is 0 Å². The van der Waals surface area contributed by atoms with Crippen molar-refractivity contribution < 1.29 is 0 Å². The average Bonchev–Trinajstić information content (AvgIpc) is 3.14. The first kappa shape index (κ1) is 17.2. The van der Waals surface area contributed by atoms with Gasteiger partial charge in [-0.15, -0.1) is 0 Å². The number of nitrogens with zero attached hydrogens (tertiary/aromatic N) is 5. The maximum Gasteiger partial charge on any atom is 0.163 e. The summed E-state index contributed by atoms with van der Waals surface area (Å²) in [6.45, 7) is 0. The van der Waals surface area contributed by atoms with E-state index in [2.05, 4.69) is 56.4 Å². The summed E-state index contributed by atoms with van der Waals surface area (Å²) in [4.78, 5) is 10.9. The van der Waals surface area contributed by atoms with Gasteiger partial charge < -0.3 is 4.90 Å². The van der Waals surface area contributed by atoms with Crippen molar-refractivity contribution in [3.63, 3.8) is 0 Å². The predicted molar refractivity (Wildman–Crippen MR) is 109 cm³/mol. The van der Waals surface area contributed by atoms with Gasteiger partial charge in [-0.05, 0) is 54.7 Å². The molecule has 0 fully saturated rings. The Morgan fingerprint density at radius 2 is 1.78 bits per heavy atom. The molecule has 0 aliphatic carbocycles. The Bertz CT molecular complexity index is 1020. The summed E-state index contributed by atoms with van der Waals surface area (Å²) in [6, 6.07) is 14.7. The third-order valence-corrected chi connectivity index (χ3v) is 4.80. The number of pyridine rings is 1. The van der Waals surface area contributed by atoms with E-state index >= 15 is 0 Å². The maximum atomic E-state index is 4.61. The van der Waals surface area contributed by atoms with Gasteiger partial charge >= 0.3 is 0 Å². The lowest BCUT2D eigenvalue weighted by atomic mass is 10.1. The number of hydrogen-bond donors (Lipinski definition) is 0. The maximum absolute atomic E-state index is 4.61. The lowest BCUT2D eigenvalue weighted by Gasteiger charge is -2.12. The molecule has 0 unspecified atom stereocenters. The molecule has 3 heterocycles. The van der Waals surface area contributed by atoms with E-state index in [-0.39, 0.29) is 0 Å². The van der Waals surface area contributed by atoms with Crippen molar-refractivity contribution in [1.29, 1.82) is 0 Å². The molecule has 5 heteroatoms. The summed E-state index contributed by atoms with van der Waals surface area (Å²) < 4.78 is 1.97. The zero-order valence-electron chi connectivity index (χ0n) is 15.7. The van der Waals surface area contributed by atoms with Crippen LogP contribution in [-0.4, -0.2) is 33.7 Å². The van der Waals surface area contributed by atoms with Crippen LogP contribution in [0, 0.1) is 0 Å². The van der Waals surface area contributed by atoms with Gasteiger partial charge in [0, 0.05) is 49.6 Å². The number of fused-ring (bicyclic) bond motifs is 1. The smallest absolute Gasteiger partial charge is 0.163 e. The topological polar surface area (TPSA) is 46.3 Å². The molecule has 3 aromatic heterocycles. The van der Waals surface area contributed by atoms with Crippen molar-refractivity contribution in [3.05, 3.63) is 78.5 Å². The normalized spacial score (nSPS) is 11.0. The fourth-order valence-electron chi connectivity index (χ4n) is 3.29. The average molecular weight is 357 g/mol. The number of benzene rings is 1. The molecule has 5 nitrogen and oxygen atoms in total. The molecule has 0 aliphatic heterocycles. The first-order chi connectivity index (χ1) is 13.2. The van der Waals surface area contributed by atoms with Crippen molar-refractivity contribution >= 4 is 11.3 Å². The highest BCUT2D eigenvalue weighted by Gasteiger charge is 2.11. The second kappa shape index (κ2) is 7.58. The minimum Gasteiger partial charge on any atom is -0.378 e.